The fourth-order valence-electron chi connectivity index (χ4n) is 4.64. The number of carbonyl (C=O) groups is 1. The van der Waals surface area contributed by atoms with E-state index >= 15 is 0 Å². The number of nitrogens with zero attached hydrogens (tertiary/aromatic N) is 5. The van der Waals surface area contributed by atoms with Crippen LogP contribution in [0.15, 0.2) is 53.8 Å². The summed E-state index contributed by atoms with van der Waals surface area (Å²) in [6.45, 7) is 1.17. The number of benzene rings is 1. The van der Waals surface area contributed by atoms with Gasteiger partial charge < -0.3 is 4.57 Å². The second kappa shape index (κ2) is 7.96. The molecule has 0 amide bonds. The Morgan fingerprint density at radius 1 is 1.18 bits per heavy atom. The van der Waals surface area contributed by atoms with Crippen molar-refractivity contribution in [2.45, 2.75) is 38.3 Å². The molecule has 0 unspecified atom stereocenters. The molecule has 3 heterocycles. The number of rotatable bonds is 5. The van der Waals surface area contributed by atoms with Gasteiger partial charge in [0.15, 0.2) is 5.78 Å². The SMILES string of the molecule is CC(=O)c1cc(C(F)(F)F)c2cn(-c3cccc([C@H](c4nncn4C)C4CCC4)c3)c(=O)n2c1. The molecule has 10 heteroatoms. The maximum Gasteiger partial charge on any atom is 0.418 e. The quantitative estimate of drug-likeness (QED) is 0.407. The number of aromatic nitrogens is 5. The third-order valence-corrected chi connectivity index (χ3v) is 6.63. The van der Waals surface area contributed by atoms with Crippen LogP contribution < -0.4 is 5.69 Å². The first-order chi connectivity index (χ1) is 16.1. The van der Waals surface area contributed by atoms with Crippen molar-refractivity contribution in [3.63, 3.8) is 0 Å². The third-order valence-electron chi connectivity index (χ3n) is 6.63. The van der Waals surface area contributed by atoms with Crippen molar-refractivity contribution in [3.8, 4) is 5.69 Å². The number of pyridine rings is 1. The van der Waals surface area contributed by atoms with Crippen LogP contribution in [0.25, 0.3) is 11.2 Å². The molecule has 34 heavy (non-hydrogen) atoms. The van der Waals surface area contributed by atoms with E-state index < -0.39 is 23.2 Å². The van der Waals surface area contributed by atoms with E-state index in [9.17, 15) is 22.8 Å². The van der Waals surface area contributed by atoms with Gasteiger partial charge in [0, 0.05) is 30.9 Å². The largest absolute Gasteiger partial charge is 0.418 e. The Labute approximate surface area is 192 Å². The van der Waals surface area contributed by atoms with Gasteiger partial charge in [0.25, 0.3) is 0 Å². The van der Waals surface area contributed by atoms with Crippen molar-refractivity contribution < 1.29 is 18.0 Å². The van der Waals surface area contributed by atoms with Gasteiger partial charge in [-0.15, -0.1) is 10.2 Å². The van der Waals surface area contributed by atoms with Crippen LogP contribution in [0.4, 0.5) is 13.2 Å². The van der Waals surface area contributed by atoms with Crippen molar-refractivity contribution >= 4 is 11.3 Å². The number of Topliss-reactive ketones (excluding diaryl/α,β-unsaturated/α-hetero) is 1. The number of halogens is 3. The molecule has 3 aromatic heterocycles. The van der Waals surface area contributed by atoms with E-state index in [1.54, 1.807) is 18.5 Å². The molecule has 1 aliphatic carbocycles. The lowest BCUT2D eigenvalue weighted by molar-refractivity contribution is -0.136. The monoisotopic (exact) mass is 469 g/mol. The molecule has 0 spiro atoms. The number of hydrogen-bond acceptors (Lipinski definition) is 4. The van der Waals surface area contributed by atoms with Crippen LogP contribution in [0.2, 0.25) is 0 Å². The molecule has 5 rings (SSSR count). The Morgan fingerprint density at radius 2 is 1.94 bits per heavy atom. The zero-order valence-corrected chi connectivity index (χ0v) is 18.6. The maximum atomic E-state index is 13.8. The molecular formula is C24H22F3N5O2. The smallest absolute Gasteiger partial charge is 0.320 e. The number of carbonyl (C=O) groups excluding carboxylic acids is 1. The average Bonchev–Trinajstić information content (AvgIpc) is 3.32. The molecule has 4 aromatic rings. The highest BCUT2D eigenvalue weighted by Crippen LogP contribution is 2.43. The molecule has 0 bridgehead atoms. The Kier molecular flexibility index (Phi) is 5.18. The molecule has 0 saturated heterocycles. The Morgan fingerprint density at radius 3 is 2.53 bits per heavy atom. The molecule has 7 nitrogen and oxygen atoms in total. The molecular weight excluding hydrogens is 447 g/mol. The van der Waals surface area contributed by atoms with Crippen LogP contribution in [0, 0.1) is 5.92 Å². The Balaban J connectivity index is 1.67. The van der Waals surface area contributed by atoms with E-state index in [1.165, 1.54) is 17.7 Å². The van der Waals surface area contributed by atoms with E-state index in [0.717, 1.165) is 47.3 Å². The summed E-state index contributed by atoms with van der Waals surface area (Å²) >= 11 is 0. The van der Waals surface area contributed by atoms with Crippen molar-refractivity contribution in [2.75, 3.05) is 0 Å². The first-order valence-electron chi connectivity index (χ1n) is 11.0. The minimum absolute atomic E-state index is 0.0380. The average molecular weight is 469 g/mol. The van der Waals surface area contributed by atoms with Crippen molar-refractivity contribution in [2.24, 2.45) is 13.0 Å². The fraction of sp³-hybridized carbons (Fsp3) is 0.333. The first-order valence-corrected chi connectivity index (χ1v) is 11.0. The van der Waals surface area contributed by atoms with Gasteiger partial charge in [-0.1, -0.05) is 18.6 Å². The highest BCUT2D eigenvalue weighted by atomic mass is 19.4. The van der Waals surface area contributed by atoms with Crippen LogP contribution in [0.5, 0.6) is 0 Å². The highest BCUT2D eigenvalue weighted by Gasteiger charge is 2.35. The summed E-state index contributed by atoms with van der Waals surface area (Å²) in [6.07, 6.45) is 2.46. The van der Waals surface area contributed by atoms with Crippen molar-refractivity contribution in [1.29, 1.82) is 0 Å². The Bertz CT molecular complexity index is 1460. The lowest BCUT2D eigenvalue weighted by Crippen LogP contribution is -2.24. The van der Waals surface area contributed by atoms with Crippen molar-refractivity contribution in [1.82, 2.24) is 23.7 Å². The number of fused-ring (bicyclic) bond motifs is 1. The Hall–Kier alpha value is -3.69. The molecule has 1 atom stereocenters. The summed E-state index contributed by atoms with van der Waals surface area (Å²) in [5, 5.41) is 8.31. The lowest BCUT2D eigenvalue weighted by Gasteiger charge is -2.33. The van der Waals surface area contributed by atoms with Gasteiger partial charge in [0.2, 0.25) is 0 Å². The first kappa shape index (κ1) is 22.1. The predicted molar refractivity (Wildman–Crippen MR) is 118 cm³/mol. The van der Waals surface area contributed by atoms with Gasteiger partial charge in [-0.05, 0) is 49.4 Å². The molecule has 0 radical (unpaired) electrons. The van der Waals surface area contributed by atoms with Gasteiger partial charge >= 0.3 is 11.9 Å². The fourth-order valence-corrected chi connectivity index (χ4v) is 4.64. The van der Waals surface area contributed by atoms with Crippen LogP contribution >= 0.6 is 0 Å². The summed E-state index contributed by atoms with van der Waals surface area (Å²) < 4.78 is 45.2. The number of aryl methyl sites for hydroxylation is 1. The van der Waals surface area contributed by atoms with Crippen molar-refractivity contribution in [3.05, 3.63) is 82.1 Å². The summed E-state index contributed by atoms with van der Waals surface area (Å²) in [7, 11) is 1.88. The zero-order chi connectivity index (χ0) is 24.2. The van der Waals surface area contributed by atoms with Crippen LogP contribution in [0.3, 0.4) is 0 Å². The molecule has 0 N–H and O–H groups in total. The summed E-state index contributed by atoms with van der Waals surface area (Å²) in [4.78, 5) is 25.0. The van der Waals surface area contributed by atoms with Crippen LogP contribution in [-0.4, -0.2) is 29.5 Å². The molecule has 1 aromatic carbocycles. The minimum atomic E-state index is -4.72. The summed E-state index contributed by atoms with van der Waals surface area (Å²) in [5.41, 5.74) is -0.841. The molecule has 0 aliphatic heterocycles. The van der Waals surface area contributed by atoms with E-state index in [0.29, 0.717) is 11.6 Å². The summed E-state index contributed by atoms with van der Waals surface area (Å²) in [6, 6.07) is 8.01. The molecule has 176 valence electrons. The number of hydrogen-bond donors (Lipinski definition) is 0. The number of imidazole rings is 1. The predicted octanol–water partition coefficient (Wildman–Crippen LogP) is 4.37. The highest BCUT2D eigenvalue weighted by molar-refractivity contribution is 5.94. The van der Waals surface area contributed by atoms with Gasteiger partial charge in [0.1, 0.15) is 12.2 Å². The van der Waals surface area contributed by atoms with Gasteiger partial charge in [-0.2, -0.15) is 13.2 Å². The topological polar surface area (TPSA) is 74.2 Å². The normalized spacial score (nSPS) is 15.4. The third kappa shape index (κ3) is 3.63. The zero-order valence-electron chi connectivity index (χ0n) is 18.6. The second-order valence-electron chi connectivity index (χ2n) is 8.80. The van der Waals surface area contributed by atoms with E-state index in [4.69, 9.17) is 0 Å². The van der Waals surface area contributed by atoms with Gasteiger partial charge in [-0.3, -0.25) is 13.8 Å². The van der Waals surface area contributed by atoms with E-state index in [-0.39, 0.29) is 17.0 Å². The van der Waals surface area contributed by atoms with E-state index in [1.807, 2.05) is 23.7 Å². The molecule has 1 saturated carbocycles. The number of ketones is 1. The van der Waals surface area contributed by atoms with Crippen LogP contribution in [0.1, 0.15) is 59.4 Å². The minimum Gasteiger partial charge on any atom is -0.320 e. The maximum absolute atomic E-state index is 13.8. The van der Waals surface area contributed by atoms with E-state index in [2.05, 4.69) is 10.2 Å². The molecule has 1 aliphatic rings. The van der Waals surface area contributed by atoms with Gasteiger partial charge in [0.05, 0.1) is 16.8 Å². The van der Waals surface area contributed by atoms with Gasteiger partial charge in [-0.25, -0.2) is 4.79 Å². The second-order valence-corrected chi connectivity index (χ2v) is 8.80. The standard InChI is InChI=1S/C24H22F3N5O2/c1-14(33)17-10-19(24(25,26)27)20-12-31(23(34)32(20)11-17)18-8-4-7-16(9-18)21(15-5-3-6-15)22-29-28-13-30(22)2/h4,7-13,15,21H,3,5-6H2,1-2H3/t21-/m1/s1. The lowest BCUT2D eigenvalue weighted by atomic mass is 9.72. The van der Waals surface area contributed by atoms with Crippen LogP contribution in [-0.2, 0) is 13.2 Å². The summed E-state index contributed by atoms with van der Waals surface area (Å²) in [5.74, 6) is 0.588. The molecule has 1 fully saturated rings. The number of alkyl halides is 3.